The molecule has 5 heteroatoms. The summed E-state index contributed by atoms with van der Waals surface area (Å²) in [5.41, 5.74) is 1.86. The third-order valence-corrected chi connectivity index (χ3v) is 3.47. The van der Waals surface area contributed by atoms with Crippen molar-refractivity contribution in [2.75, 3.05) is 7.11 Å². The van der Waals surface area contributed by atoms with E-state index in [4.69, 9.17) is 4.74 Å². The number of benzene rings is 2. The van der Waals surface area contributed by atoms with E-state index in [1.165, 1.54) is 25.3 Å². The average Bonchev–Trinajstić information content (AvgIpc) is 2.55. The van der Waals surface area contributed by atoms with E-state index in [0.717, 1.165) is 11.1 Å². The Morgan fingerprint density at radius 2 is 1.78 bits per heavy atom. The van der Waals surface area contributed by atoms with Crippen LogP contribution in [0.3, 0.4) is 0 Å². The molecule has 1 atom stereocenters. The molecule has 4 nitrogen and oxygen atoms in total. The summed E-state index contributed by atoms with van der Waals surface area (Å²) in [4.78, 5) is 24.1. The minimum absolute atomic E-state index is 0.106. The molecule has 23 heavy (non-hydrogen) atoms. The van der Waals surface area contributed by atoms with Gasteiger partial charge in [-0.1, -0.05) is 42.0 Å². The molecule has 2 rings (SSSR count). The van der Waals surface area contributed by atoms with Crippen molar-refractivity contribution >= 4 is 11.9 Å². The van der Waals surface area contributed by atoms with Crippen molar-refractivity contribution in [3.63, 3.8) is 0 Å². The molecule has 0 fully saturated rings. The minimum Gasteiger partial charge on any atom is -0.467 e. The first-order valence-corrected chi connectivity index (χ1v) is 7.20. The highest BCUT2D eigenvalue weighted by Crippen LogP contribution is 2.10. The molecule has 0 saturated heterocycles. The fourth-order valence-electron chi connectivity index (χ4n) is 2.18. The van der Waals surface area contributed by atoms with Crippen LogP contribution in [-0.2, 0) is 16.0 Å². The van der Waals surface area contributed by atoms with E-state index in [-0.39, 0.29) is 12.0 Å². The molecule has 0 radical (unpaired) electrons. The summed E-state index contributed by atoms with van der Waals surface area (Å²) in [7, 11) is 1.25. The van der Waals surface area contributed by atoms with Crippen molar-refractivity contribution in [3.8, 4) is 0 Å². The van der Waals surface area contributed by atoms with Crippen molar-refractivity contribution in [1.29, 1.82) is 0 Å². The second-order valence-electron chi connectivity index (χ2n) is 5.22. The molecule has 0 aliphatic heterocycles. The first kappa shape index (κ1) is 16.7. The molecule has 0 bridgehead atoms. The Hall–Kier alpha value is -2.69. The van der Waals surface area contributed by atoms with Crippen molar-refractivity contribution in [2.45, 2.75) is 19.4 Å². The summed E-state index contributed by atoms with van der Waals surface area (Å²) in [5, 5.41) is 2.53. The zero-order valence-corrected chi connectivity index (χ0v) is 13.0. The van der Waals surface area contributed by atoms with Gasteiger partial charge in [0.2, 0.25) is 0 Å². The number of amides is 1. The number of carbonyl (C=O) groups excluding carboxylic acids is 2. The molecular formula is C18H18FNO3. The quantitative estimate of drug-likeness (QED) is 0.863. The Balaban J connectivity index is 2.15. The monoisotopic (exact) mass is 315 g/mol. The molecule has 1 N–H and O–H groups in total. The fraction of sp³-hybridized carbons (Fsp3) is 0.222. The molecule has 0 aliphatic carbocycles. The summed E-state index contributed by atoms with van der Waals surface area (Å²) in [6, 6.07) is 12.3. The van der Waals surface area contributed by atoms with Gasteiger partial charge in [0.05, 0.1) is 12.7 Å². The van der Waals surface area contributed by atoms with Gasteiger partial charge < -0.3 is 10.1 Å². The lowest BCUT2D eigenvalue weighted by molar-refractivity contribution is -0.142. The van der Waals surface area contributed by atoms with Crippen molar-refractivity contribution in [2.24, 2.45) is 0 Å². The number of nitrogens with one attached hydrogen (secondary N) is 1. The molecule has 0 heterocycles. The van der Waals surface area contributed by atoms with Crippen LogP contribution in [0.2, 0.25) is 0 Å². The number of methoxy groups -OCH3 is 1. The van der Waals surface area contributed by atoms with Gasteiger partial charge in [0, 0.05) is 6.42 Å². The van der Waals surface area contributed by atoms with E-state index in [1.54, 1.807) is 6.07 Å². The molecule has 1 amide bonds. The minimum atomic E-state index is -0.880. The summed E-state index contributed by atoms with van der Waals surface area (Å²) >= 11 is 0. The molecule has 0 saturated carbocycles. The van der Waals surface area contributed by atoms with E-state index in [2.05, 4.69) is 5.32 Å². The SMILES string of the molecule is COC(=O)C(Cc1ccc(C)cc1)NC(=O)c1ccccc1F. The Bertz CT molecular complexity index is 698. The number of esters is 1. The van der Waals surface area contributed by atoms with Crippen LogP contribution in [0, 0.1) is 12.7 Å². The molecule has 2 aromatic rings. The first-order valence-electron chi connectivity index (χ1n) is 7.20. The molecule has 0 aromatic heterocycles. The molecule has 120 valence electrons. The number of ether oxygens (including phenoxy) is 1. The van der Waals surface area contributed by atoms with Crippen LogP contribution < -0.4 is 5.32 Å². The highest BCUT2D eigenvalue weighted by atomic mass is 19.1. The lowest BCUT2D eigenvalue weighted by Gasteiger charge is -2.17. The maximum atomic E-state index is 13.7. The molecule has 0 aliphatic rings. The second-order valence-corrected chi connectivity index (χ2v) is 5.22. The highest BCUT2D eigenvalue weighted by molar-refractivity contribution is 5.97. The summed E-state index contributed by atoms with van der Waals surface area (Å²) in [6.45, 7) is 1.96. The average molecular weight is 315 g/mol. The predicted molar refractivity (Wildman–Crippen MR) is 84.6 cm³/mol. The third kappa shape index (κ3) is 4.39. The van der Waals surface area contributed by atoms with Gasteiger partial charge in [-0.05, 0) is 24.6 Å². The van der Waals surface area contributed by atoms with Crippen LogP contribution in [0.25, 0.3) is 0 Å². The fourth-order valence-corrected chi connectivity index (χ4v) is 2.18. The predicted octanol–water partition coefficient (Wildman–Crippen LogP) is 2.65. The second kappa shape index (κ2) is 7.54. The van der Waals surface area contributed by atoms with Crippen LogP contribution in [-0.4, -0.2) is 25.0 Å². The summed E-state index contributed by atoms with van der Waals surface area (Å²) in [5.74, 6) is -1.86. The van der Waals surface area contributed by atoms with Gasteiger partial charge in [-0.15, -0.1) is 0 Å². The van der Waals surface area contributed by atoms with Crippen LogP contribution in [0.5, 0.6) is 0 Å². The molecule has 2 aromatic carbocycles. The summed E-state index contributed by atoms with van der Waals surface area (Å²) < 4.78 is 18.4. The zero-order chi connectivity index (χ0) is 16.8. The van der Waals surface area contributed by atoms with E-state index in [0.29, 0.717) is 0 Å². The van der Waals surface area contributed by atoms with E-state index in [1.807, 2.05) is 31.2 Å². The van der Waals surface area contributed by atoms with Crippen molar-refractivity contribution < 1.29 is 18.7 Å². The van der Waals surface area contributed by atoms with Crippen molar-refractivity contribution in [3.05, 3.63) is 71.0 Å². The van der Waals surface area contributed by atoms with Gasteiger partial charge in [0.15, 0.2) is 0 Å². The van der Waals surface area contributed by atoms with Crippen molar-refractivity contribution in [1.82, 2.24) is 5.32 Å². The van der Waals surface area contributed by atoms with Crippen LogP contribution >= 0.6 is 0 Å². The number of rotatable bonds is 5. The third-order valence-electron chi connectivity index (χ3n) is 3.47. The maximum Gasteiger partial charge on any atom is 0.328 e. The molecule has 0 spiro atoms. The standard InChI is InChI=1S/C18H18FNO3/c1-12-7-9-13(10-8-12)11-16(18(22)23-2)20-17(21)14-5-3-4-6-15(14)19/h3-10,16H,11H2,1-2H3,(H,20,21). The maximum absolute atomic E-state index is 13.7. The lowest BCUT2D eigenvalue weighted by atomic mass is 10.0. The van der Waals surface area contributed by atoms with E-state index in [9.17, 15) is 14.0 Å². The first-order chi connectivity index (χ1) is 11.0. The van der Waals surface area contributed by atoms with Crippen LogP contribution in [0.15, 0.2) is 48.5 Å². The number of hydrogen-bond donors (Lipinski definition) is 1. The van der Waals surface area contributed by atoms with Gasteiger partial charge in [-0.25, -0.2) is 9.18 Å². The number of aryl methyl sites for hydroxylation is 1. The van der Waals surface area contributed by atoms with Gasteiger partial charge in [-0.3, -0.25) is 4.79 Å². The number of halogens is 1. The Morgan fingerprint density at radius 3 is 2.39 bits per heavy atom. The highest BCUT2D eigenvalue weighted by Gasteiger charge is 2.23. The normalized spacial score (nSPS) is 11.6. The Morgan fingerprint density at radius 1 is 1.13 bits per heavy atom. The van der Waals surface area contributed by atoms with Crippen LogP contribution in [0.1, 0.15) is 21.5 Å². The van der Waals surface area contributed by atoms with Crippen LogP contribution in [0.4, 0.5) is 4.39 Å². The zero-order valence-electron chi connectivity index (χ0n) is 13.0. The van der Waals surface area contributed by atoms with Gasteiger partial charge in [0.25, 0.3) is 5.91 Å². The molecule has 1 unspecified atom stereocenters. The van der Waals surface area contributed by atoms with E-state index < -0.39 is 23.7 Å². The molecular weight excluding hydrogens is 297 g/mol. The summed E-state index contributed by atoms with van der Waals surface area (Å²) in [6.07, 6.45) is 0.271. The number of carbonyl (C=O) groups is 2. The topological polar surface area (TPSA) is 55.4 Å². The van der Waals surface area contributed by atoms with Gasteiger partial charge in [0.1, 0.15) is 11.9 Å². The lowest BCUT2D eigenvalue weighted by Crippen LogP contribution is -2.43. The largest absolute Gasteiger partial charge is 0.467 e. The van der Waals surface area contributed by atoms with E-state index >= 15 is 0 Å². The van der Waals surface area contributed by atoms with Gasteiger partial charge >= 0.3 is 5.97 Å². The Labute approximate surface area is 134 Å². The smallest absolute Gasteiger partial charge is 0.328 e. The Kier molecular flexibility index (Phi) is 5.46. The number of hydrogen-bond acceptors (Lipinski definition) is 3. The van der Waals surface area contributed by atoms with Gasteiger partial charge in [-0.2, -0.15) is 0 Å².